The van der Waals surface area contributed by atoms with Gasteiger partial charge in [-0.05, 0) is 27.6 Å². The van der Waals surface area contributed by atoms with Crippen molar-refractivity contribution in [3.63, 3.8) is 0 Å². The van der Waals surface area contributed by atoms with Crippen molar-refractivity contribution in [3.8, 4) is 0 Å². The van der Waals surface area contributed by atoms with Crippen molar-refractivity contribution in [2.75, 3.05) is 0 Å². The Morgan fingerprint density at radius 1 is 0.310 bits per heavy atom. The van der Waals surface area contributed by atoms with Crippen LogP contribution in [0.15, 0.2) is 170 Å². The summed E-state index contributed by atoms with van der Waals surface area (Å²) in [6.45, 7) is 0. The van der Waals surface area contributed by atoms with Crippen LogP contribution in [0.2, 0.25) is 0 Å². The molecule has 42 heavy (non-hydrogen) atoms. The molecule has 7 aromatic rings. The molecule has 0 radical (unpaired) electrons. The predicted molar refractivity (Wildman–Crippen MR) is 180 cm³/mol. The van der Waals surface area contributed by atoms with Crippen molar-refractivity contribution in [2.24, 2.45) is 0 Å². The van der Waals surface area contributed by atoms with E-state index < -0.39 is 14.3 Å². The van der Waals surface area contributed by atoms with Gasteiger partial charge in [0.05, 0.1) is 0 Å². The molecule has 0 amide bonds. The summed E-state index contributed by atoms with van der Waals surface area (Å²) in [7, 11) is -7.04. The van der Waals surface area contributed by atoms with Crippen molar-refractivity contribution in [3.05, 3.63) is 170 Å². The zero-order valence-electron chi connectivity index (χ0n) is 22.9. The average molecular weight is 579 g/mol. The Kier molecular flexibility index (Phi) is 6.75. The van der Waals surface area contributed by atoms with Gasteiger partial charge in [-0.15, -0.1) is 0 Å². The molecule has 0 fully saturated rings. The molecule has 0 bridgehead atoms. The summed E-state index contributed by atoms with van der Waals surface area (Å²) in [5.74, 6) is 0. The van der Waals surface area contributed by atoms with E-state index in [-0.39, 0.29) is 0 Å². The fraction of sp³-hybridized carbons (Fsp3) is 0. The summed E-state index contributed by atoms with van der Waals surface area (Å²) in [6, 6.07) is 55.1. The molecule has 7 aromatic carbocycles. The third-order valence-electron chi connectivity index (χ3n) is 8.01. The minimum absolute atomic E-state index is 0.610. The maximum absolute atomic E-state index is 16.2. The molecule has 2 nitrogen and oxygen atoms in total. The van der Waals surface area contributed by atoms with Gasteiger partial charge in [-0.2, -0.15) is 0 Å². The van der Waals surface area contributed by atoms with Crippen LogP contribution in [0, 0.1) is 0 Å². The third kappa shape index (κ3) is 4.19. The summed E-state index contributed by atoms with van der Waals surface area (Å²) in [6.07, 6.45) is 0. The van der Waals surface area contributed by atoms with Gasteiger partial charge in [0.2, 0.25) is 0 Å². The van der Waals surface area contributed by atoms with Gasteiger partial charge in [0, 0.05) is 31.8 Å². The summed E-state index contributed by atoms with van der Waals surface area (Å²) in [5.41, 5.74) is 0. The zero-order chi connectivity index (χ0) is 28.6. The van der Waals surface area contributed by atoms with E-state index in [9.17, 15) is 0 Å². The molecule has 0 N–H and O–H groups in total. The van der Waals surface area contributed by atoms with Crippen LogP contribution in [0.1, 0.15) is 0 Å². The first-order valence-electron chi connectivity index (χ1n) is 14.0. The smallest absolute Gasteiger partial charge is 0.172 e. The number of hydrogen-bond donors (Lipinski definition) is 0. The van der Waals surface area contributed by atoms with E-state index in [1.54, 1.807) is 0 Å². The zero-order valence-corrected chi connectivity index (χ0v) is 24.7. The van der Waals surface area contributed by atoms with Crippen LogP contribution in [0.5, 0.6) is 0 Å². The SMILES string of the molecule is O=P(c1ccccc1)(c1ccccc1)c1ccc2c(ccc3ccccc32)c1P(=O)(c1ccccc1)c1ccccc1. The van der Waals surface area contributed by atoms with E-state index in [1.807, 2.05) is 140 Å². The van der Waals surface area contributed by atoms with Crippen LogP contribution in [0.25, 0.3) is 21.5 Å². The molecule has 0 unspecified atom stereocenters. The lowest BCUT2D eigenvalue weighted by molar-refractivity contribution is 0.590. The van der Waals surface area contributed by atoms with E-state index in [0.29, 0.717) is 31.8 Å². The van der Waals surface area contributed by atoms with Crippen molar-refractivity contribution < 1.29 is 9.13 Å². The molecule has 202 valence electrons. The lowest BCUT2D eigenvalue weighted by Gasteiger charge is -2.29. The first-order valence-corrected chi connectivity index (χ1v) is 17.4. The van der Waals surface area contributed by atoms with Crippen molar-refractivity contribution in [2.45, 2.75) is 0 Å². The van der Waals surface area contributed by atoms with Gasteiger partial charge in [0.1, 0.15) is 0 Å². The Morgan fingerprint density at radius 3 is 1.21 bits per heavy atom. The summed E-state index contributed by atoms with van der Waals surface area (Å²) in [5, 5.41) is 8.13. The lowest BCUT2D eigenvalue weighted by atomic mass is 10.0. The average Bonchev–Trinajstić information content (AvgIpc) is 3.08. The lowest BCUT2D eigenvalue weighted by Crippen LogP contribution is -2.39. The van der Waals surface area contributed by atoms with E-state index in [2.05, 4.69) is 30.3 Å². The molecule has 0 aliphatic heterocycles. The highest BCUT2D eigenvalue weighted by Crippen LogP contribution is 2.50. The molecule has 7 rings (SSSR count). The Balaban J connectivity index is 1.71. The normalized spacial score (nSPS) is 12.0. The molecule has 0 aromatic heterocycles. The molecule has 0 aliphatic carbocycles. The van der Waals surface area contributed by atoms with E-state index in [0.717, 1.165) is 21.5 Å². The maximum Gasteiger partial charge on any atom is 0.172 e. The summed E-state index contributed by atoms with van der Waals surface area (Å²) in [4.78, 5) is 0. The summed E-state index contributed by atoms with van der Waals surface area (Å²) < 4.78 is 32.1. The van der Waals surface area contributed by atoms with Crippen molar-refractivity contribution in [1.82, 2.24) is 0 Å². The molecule has 0 saturated heterocycles. The first kappa shape index (κ1) is 26.4. The van der Waals surface area contributed by atoms with Gasteiger partial charge in [0.25, 0.3) is 0 Å². The second kappa shape index (κ2) is 10.7. The molecular formula is C38H28O2P2. The Labute approximate surface area is 246 Å². The van der Waals surface area contributed by atoms with Gasteiger partial charge in [-0.25, -0.2) is 0 Å². The van der Waals surface area contributed by atoms with Gasteiger partial charge < -0.3 is 9.13 Å². The van der Waals surface area contributed by atoms with Crippen LogP contribution in [-0.2, 0) is 9.13 Å². The highest BCUT2D eigenvalue weighted by molar-refractivity contribution is 7.91. The Hall–Kier alpha value is -4.48. The fourth-order valence-corrected chi connectivity index (χ4v) is 12.5. The number of rotatable bonds is 6. The quantitative estimate of drug-likeness (QED) is 0.154. The molecule has 0 aliphatic rings. The molecule has 4 heteroatoms. The van der Waals surface area contributed by atoms with Gasteiger partial charge in [-0.3, -0.25) is 0 Å². The van der Waals surface area contributed by atoms with Gasteiger partial charge in [0.15, 0.2) is 14.3 Å². The minimum atomic E-state index is -3.55. The second-order valence-electron chi connectivity index (χ2n) is 10.4. The highest BCUT2D eigenvalue weighted by Gasteiger charge is 2.40. The van der Waals surface area contributed by atoms with Gasteiger partial charge >= 0.3 is 0 Å². The topological polar surface area (TPSA) is 34.1 Å². The molecule has 0 saturated carbocycles. The third-order valence-corrected chi connectivity index (χ3v) is 14.5. The number of fused-ring (bicyclic) bond motifs is 3. The Morgan fingerprint density at radius 2 is 0.714 bits per heavy atom. The van der Waals surface area contributed by atoms with E-state index >= 15 is 9.13 Å². The van der Waals surface area contributed by atoms with Crippen LogP contribution >= 0.6 is 14.3 Å². The standard InChI is InChI=1S/C38H28O2P2/c39-41(30-16-5-1-6-17-30,31-18-7-2-8-19-31)37-28-27-35-34-24-14-13-15-29(34)25-26-36(35)38(37)42(40,32-20-9-3-10-21-32)33-22-11-4-12-23-33/h1-28H. The number of benzene rings is 7. The summed E-state index contributed by atoms with van der Waals surface area (Å²) >= 11 is 0. The molecule has 0 atom stereocenters. The molecular weight excluding hydrogens is 550 g/mol. The second-order valence-corrected chi connectivity index (χ2v) is 15.8. The molecule has 0 heterocycles. The maximum atomic E-state index is 16.2. The van der Waals surface area contributed by atoms with E-state index in [4.69, 9.17) is 0 Å². The van der Waals surface area contributed by atoms with E-state index in [1.165, 1.54) is 0 Å². The minimum Gasteiger partial charge on any atom is -0.309 e. The monoisotopic (exact) mass is 578 g/mol. The highest BCUT2D eigenvalue weighted by atomic mass is 31.2. The molecule has 0 spiro atoms. The fourth-order valence-electron chi connectivity index (χ4n) is 6.03. The van der Waals surface area contributed by atoms with Crippen LogP contribution < -0.4 is 31.8 Å². The van der Waals surface area contributed by atoms with Crippen LogP contribution in [0.4, 0.5) is 0 Å². The first-order chi connectivity index (χ1) is 20.6. The Bertz CT molecular complexity index is 2040. The largest absolute Gasteiger partial charge is 0.309 e. The van der Waals surface area contributed by atoms with Crippen molar-refractivity contribution in [1.29, 1.82) is 0 Å². The van der Waals surface area contributed by atoms with Gasteiger partial charge in [-0.1, -0.05) is 164 Å². The number of hydrogen-bond acceptors (Lipinski definition) is 2. The van der Waals surface area contributed by atoms with Crippen LogP contribution in [0.3, 0.4) is 0 Å². The van der Waals surface area contributed by atoms with Crippen LogP contribution in [-0.4, -0.2) is 0 Å². The predicted octanol–water partition coefficient (Wildman–Crippen LogP) is 7.27. The van der Waals surface area contributed by atoms with Crippen molar-refractivity contribution >= 4 is 67.7 Å².